The Labute approximate surface area is 66.2 Å². The molecule has 2 heteroatoms. The molecular weight excluding hydrogens is 140 g/mol. The van der Waals surface area contributed by atoms with Gasteiger partial charge >= 0.3 is 5.97 Å². The number of hydrogen-bond acceptors (Lipinski definition) is 2. The van der Waals surface area contributed by atoms with Gasteiger partial charge in [-0.25, -0.2) is 0 Å². The van der Waals surface area contributed by atoms with Gasteiger partial charge in [0.05, 0.1) is 11.7 Å². The number of cyclic esters (lactones) is 1. The number of fused-ring (bicyclic) bond motifs is 1. The van der Waals surface area contributed by atoms with Crippen LogP contribution < -0.4 is 0 Å². The van der Waals surface area contributed by atoms with Crippen LogP contribution in [0, 0.1) is 16.7 Å². The van der Waals surface area contributed by atoms with Crippen LogP contribution in [0.2, 0.25) is 0 Å². The number of rotatable bonds is 0. The van der Waals surface area contributed by atoms with Crippen molar-refractivity contribution in [1.82, 2.24) is 0 Å². The van der Waals surface area contributed by atoms with E-state index in [0.717, 1.165) is 0 Å². The lowest BCUT2D eigenvalue weighted by Gasteiger charge is -2.12. The molecule has 1 fully saturated rings. The van der Waals surface area contributed by atoms with Gasteiger partial charge in [-0.05, 0) is 18.4 Å². The third-order valence-electron chi connectivity index (χ3n) is 3.52. The molecule has 11 heavy (non-hydrogen) atoms. The van der Waals surface area contributed by atoms with E-state index in [-0.39, 0.29) is 16.8 Å². The second kappa shape index (κ2) is 1.52. The Morgan fingerprint density at radius 2 is 2.09 bits per heavy atom. The molecule has 0 aromatic heterocycles. The summed E-state index contributed by atoms with van der Waals surface area (Å²) in [7, 11) is 0. The Balaban J connectivity index is 2.43. The van der Waals surface area contributed by atoms with Gasteiger partial charge in [-0.15, -0.1) is 0 Å². The topological polar surface area (TPSA) is 26.3 Å². The maximum absolute atomic E-state index is 11.3. The molecule has 2 unspecified atom stereocenters. The molecule has 0 N–H and O–H groups in total. The minimum absolute atomic E-state index is 0.0741. The highest BCUT2D eigenvalue weighted by Gasteiger charge is 2.73. The number of allylic oxidation sites excluding steroid dienone is 1. The smallest absolute Gasteiger partial charge is 0.317 e. The quantitative estimate of drug-likeness (QED) is 0.494. The van der Waals surface area contributed by atoms with Crippen molar-refractivity contribution in [1.29, 1.82) is 0 Å². The first-order valence-electron chi connectivity index (χ1n) is 3.89. The van der Waals surface area contributed by atoms with Gasteiger partial charge in [0.25, 0.3) is 0 Å². The van der Waals surface area contributed by atoms with Crippen LogP contribution >= 0.6 is 0 Å². The van der Waals surface area contributed by atoms with E-state index in [2.05, 4.69) is 13.8 Å². The van der Waals surface area contributed by atoms with Crippen molar-refractivity contribution in [3.63, 3.8) is 0 Å². The molecule has 1 aliphatic carbocycles. The molecule has 2 rings (SSSR count). The summed E-state index contributed by atoms with van der Waals surface area (Å²) in [5, 5.41) is 0. The first-order valence-corrected chi connectivity index (χ1v) is 3.89. The lowest BCUT2D eigenvalue weighted by molar-refractivity contribution is -0.146. The van der Waals surface area contributed by atoms with Crippen LogP contribution in [0.5, 0.6) is 0 Å². The summed E-state index contributed by atoms with van der Waals surface area (Å²) in [5.74, 6) is 0.311. The van der Waals surface area contributed by atoms with Gasteiger partial charge in [-0.2, -0.15) is 0 Å². The van der Waals surface area contributed by atoms with Crippen molar-refractivity contribution >= 4 is 5.97 Å². The number of carbonyl (C=O) groups is 1. The van der Waals surface area contributed by atoms with Gasteiger partial charge in [0.1, 0.15) is 0 Å². The largest absolute Gasteiger partial charge is 0.434 e. The first-order chi connectivity index (χ1) is 5.01. The summed E-state index contributed by atoms with van der Waals surface area (Å²) in [4.78, 5) is 11.3. The molecule has 0 aromatic rings. The fourth-order valence-electron chi connectivity index (χ4n) is 2.15. The SMILES string of the molecule is CC1(C)C2C=COC(=O)C21C. The predicted octanol–water partition coefficient (Wildman–Crippen LogP) is 1.72. The average molecular weight is 152 g/mol. The fraction of sp³-hybridized carbons (Fsp3) is 0.667. The molecular formula is C9H12O2. The summed E-state index contributed by atoms with van der Waals surface area (Å²) in [6.07, 6.45) is 3.50. The molecule has 0 aromatic carbocycles. The summed E-state index contributed by atoms with van der Waals surface area (Å²) in [6.45, 7) is 6.19. The molecule has 0 bridgehead atoms. The molecule has 0 radical (unpaired) electrons. The standard InChI is InChI=1S/C9H12O2/c1-8(2)6-4-5-11-7(10)9(6,8)3/h4-6H,1-3H3. The van der Waals surface area contributed by atoms with E-state index in [9.17, 15) is 4.79 Å². The van der Waals surface area contributed by atoms with Gasteiger partial charge < -0.3 is 4.74 Å². The van der Waals surface area contributed by atoms with Crippen LogP contribution in [-0.2, 0) is 9.53 Å². The van der Waals surface area contributed by atoms with Crippen molar-refractivity contribution < 1.29 is 9.53 Å². The molecule has 60 valence electrons. The summed E-state index contributed by atoms with van der Waals surface area (Å²) >= 11 is 0. The Morgan fingerprint density at radius 3 is 2.55 bits per heavy atom. The zero-order chi connectivity index (χ0) is 8.28. The van der Waals surface area contributed by atoms with Gasteiger partial charge in [-0.1, -0.05) is 13.8 Å². The number of ether oxygens (including phenoxy) is 1. The van der Waals surface area contributed by atoms with E-state index < -0.39 is 0 Å². The highest BCUT2D eigenvalue weighted by Crippen LogP contribution is 2.70. The zero-order valence-electron chi connectivity index (χ0n) is 7.05. The molecule has 1 heterocycles. The Bertz CT molecular complexity index is 252. The predicted molar refractivity (Wildman–Crippen MR) is 40.6 cm³/mol. The van der Waals surface area contributed by atoms with Crippen LogP contribution in [0.15, 0.2) is 12.3 Å². The number of carbonyl (C=O) groups excluding carboxylic acids is 1. The van der Waals surface area contributed by atoms with Crippen molar-refractivity contribution in [3.8, 4) is 0 Å². The van der Waals surface area contributed by atoms with Gasteiger partial charge in [0.2, 0.25) is 0 Å². The molecule has 2 nitrogen and oxygen atoms in total. The third-order valence-corrected chi connectivity index (χ3v) is 3.52. The van der Waals surface area contributed by atoms with Crippen LogP contribution in [0.1, 0.15) is 20.8 Å². The normalized spacial score (nSPS) is 44.6. The van der Waals surface area contributed by atoms with Crippen LogP contribution in [0.25, 0.3) is 0 Å². The fourth-order valence-corrected chi connectivity index (χ4v) is 2.15. The number of esters is 1. The highest BCUT2D eigenvalue weighted by atomic mass is 16.5. The first kappa shape index (κ1) is 6.89. The van der Waals surface area contributed by atoms with Crippen molar-refractivity contribution in [2.24, 2.45) is 16.7 Å². The molecule has 1 saturated carbocycles. The van der Waals surface area contributed by atoms with E-state index in [0.29, 0.717) is 5.92 Å². The summed E-state index contributed by atoms with van der Waals surface area (Å²) in [6, 6.07) is 0. The van der Waals surface area contributed by atoms with Crippen molar-refractivity contribution in [2.45, 2.75) is 20.8 Å². The summed E-state index contributed by atoms with van der Waals surface area (Å²) in [5.41, 5.74) is -0.154. The monoisotopic (exact) mass is 152 g/mol. The van der Waals surface area contributed by atoms with E-state index in [4.69, 9.17) is 4.74 Å². The van der Waals surface area contributed by atoms with Crippen molar-refractivity contribution in [3.05, 3.63) is 12.3 Å². The van der Waals surface area contributed by atoms with Gasteiger partial charge in [0, 0.05) is 5.92 Å². The minimum atomic E-state index is -0.248. The Kier molecular flexibility index (Phi) is 0.952. The summed E-state index contributed by atoms with van der Waals surface area (Å²) < 4.78 is 4.85. The van der Waals surface area contributed by atoms with E-state index in [1.165, 1.54) is 6.26 Å². The second-order valence-corrected chi connectivity index (χ2v) is 4.14. The van der Waals surface area contributed by atoms with Crippen LogP contribution in [0.3, 0.4) is 0 Å². The lowest BCUT2D eigenvalue weighted by Crippen LogP contribution is -2.20. The molecule has 0 saturated heterocycles. The van der Waals surface area contributed by atoms with E-state index in [1.807, 2.05) is 13.0 Å². The van der Waals surface area contributed by atoms with Gasteiger partial charge in [0.15, 0.2) is 0 Å². The molecule has 2 aliphatic rings. The van der Waals surface area contributed by atoms with E-state index >= 15 is 0 Å². The molecule has 2 atom stereocenters. The minimum Gasteiger partial charge on any atom is -0.434 e. The molecule has 0 amide bonds. The zero-order valence-corrected chi connectivity index (χ0v) is 7.05. The average Bonchev–Trinajstić information content (AvgIpc) is 2.35. The van der Waals surface area contributed by atoms with Crippen LogP contribution in [-0.4, -0.2) is 5.97 Å². The maximum atomic E-state index is 11.3. The molecule has 1 aliphatic heterocycles. The van der Waals surface area contributed by atoms with Crippen molar-refractivity contribution in [2.75, 3.05) is 0 Å². The Hall–Kier alpha value is -0.790. The third kappa shape index (κ3) is 0.525. The van der Waals surface area contributed by atoms with Crippen LogP contribution in [0.4, 0.5) is 0 Å². The number of hydrogen-bond donors (Lipinski definition) is 0. The second-order valence-electron chi connectivity index (χ2n) is 4.14. The van der Waals surface area contributed by atoms with Gasteiger partial charge in [-0.3, -0.25) is 4.79 Å². The Morgan fingerprint density at radius 1 is 1.45 bits per heavy atom. The lowest BCUT2D eigenvalue weighted by atomic mass is 9.98. The maximum Gasteiger partial charge on any atom is 0.317 e. The van der Waals surface area contributed by atoms with E-state index in [1.54, 1.807) is 0 Å². The highest BCUT2D eigenvalue weighted by molar-refractivity contribution is 5.84. The molecule has 0 spiro atoms.